The monoisotopic (exact) mass is 302 g/mol. The average molecular weight is 302 g/mol. The molecule has 0 saturated carbocycles. The molecular weight excluding hydrogens is 285 g/mol. The van der Waals surface area contributed by atoms with E-state index in [2.05, 4.69) is 0 Å². The van der Waals surface area contributed by atoms with Crippen molar-refractivity contribution in [3.05, 3.63) is 29.3 Å². The molecule has 1 aliphatic rings. The van der Waals surface area contributed by atoms with E-state index in [1.54, 1.807) is 13.8 Å². The van der Waals surface area contributed by atoms with E-state index in [0.717, 1.165) is 12.1 Å². The maximum atomic E-state index is 12.5. The Morgan fingerprint density at radius 2 is 1.76 bits per heavy atom. The minimum atomic E-state index is -4.43. The summed E-state index contributed by atoms with van der Waals surface area (Å²) in [5.74, 6) is -0.00829. The van der Waals surface area contributed by atoms with Crippen LogP contribution in [0.5, 0.6) is 5.75 Å². The minimum absolute atomic E-state index is 0.0149. The highest BCUT2D eigenvalue weighted by atomic mass is 19.4. The van der Waals surface area contributed by atoms with Gasteiger partial charge in [-0.3, -0.25) is 4.79 Å². The van der Waals surface area contributed by atoms with Crippen molar-refractivity contribution in [1.29, 1.82) is 0 Å². The molecule has 0 amide bonds. The predicted octanol–water partition coefficient (Wildman–Crippen LogP) is 4.04. The highest BCUT2D eigenvalue weighted by molar-refractivity contribution is 6.00. The fourth-order valence-electron chi connectivity index (χ4n) is 1.83. The quantitative estimate of drug-likeness (QED) is 0.726. The molecule has 1 aliphatic heterocycles. The van der Waals surface area contributed by atoms with Gasteiger partial charge in [-0.2, -0.15) is 13.2 Å². The molecule has 0 atom stereocenters. The third kappa shape index (κ3) is 4.88. The summed E-state index contributed by atoms with van der Waals surface area (Å²) in [7, 11) is 0. The maximum Gasteiger partial charge on any atom is 0.416 e. The molecule has 0 spiro atoms. The average Bonchev–Trinajstić information content (AvgIpc) is 2.24. The molecule has 0 N–H and O–H groups in total. The Kier molecular flexibility index (Phi) is 4.81. The van der Waals surface area contributed by atoms with Crippen molar-refractivity contribution in [3.8, 4) is 5.75 Å². The summed E-state index contributed by atoms with van der Waals surface area (Å²) in [6.45, 7) is 6.40. The topological polar surface area (TPSA) is 43.4 Å². The van der Waals surface area contributed by atoms with Gasteiger partial charge in [0.15, 0.2) is 5.78 Å². The second kappa shape index (κ2) is 5.87. The van der Waals surface area contributed by atoms with E-state index in [9.17, 15) is 22.8 Å². The first-order chi connectivity index (χ1) is 9.42. The summed E-state index contributed by atoms with van der Waals surface area (Å²) in [6.07, 6.45) is -4.26. The molecule has 0 fully saturated rings. The number of hydrogen-bond donors (Lipinski definition) is 0. The molecule has 2 rings (SSSR count). The summed E-state index contributed by atoms with van der Waals surface area (Å²) in [4.78, 5) is 21.1. The van der Waals surface area contributed by atoms with Crippen LogP contribution in [-0.2, 0) is 11.0 Å². The molecule has 0 aliphatic carbocycles. The molecular formula is C15H17F3O3. The Labute approximate surface area is 121 Å². The number of rotatable bonds is 0. The zero-order chi connectivity index (χ0) is 16.4. The van der Waals surface area contributed by atoms with Crippen molar-refractivity contribution in [2.24, 2.45) is 0 Å². The SMILES string of the molecule is CC(C)=O.CC1(C)CC(=O)c2ccc(C(F)(F)F)cc2O1. The third-order valence-corrected chi connectivity index (χ3v) is 2.58. The Morgan fingerprint density at radius 3 is 2.24 bits per heavy atom. The molecule has 1 heterocycles. The van der Waals surface area contributed by atoms with Crippen molar-refractivity contribution < 1.29 is 27.5 Å². The predicted molar refractivity (Wildman–Crippen MR) is 71.5 cm³/mol. The summed E-state index contributed by atoms with van der Waals surface area (Å²) in [5.41, 5.74) is -1.34. The zero-order valence-corrected chi connectivity index (χ0v) is 12.3. The summed E-state index contributed by atoms with van der Waals surface area (Å²) in [6, 6.07) is 2.96. The van der Waals surface area contributed by atoms with Gasteiger partial charge in [-0.1, -0.05) is 0 Å². The van der Waals surface area contributed by atoms with Crippen LogP contribution in [0.1, 0.15) is 50.0 Å². The lowest BCUT2D eigenvalue weighted by molar-refractivity contribution is -0.137. The first kappa shape index (κ1) is 17.2. The molecule has 3 nitrogen and oxygen atoms in total. The van der Waals surface area contributed by atoms with E-state index in [1.807, 2.05) is 0 Å². The normalized spacial score (nSPS) is 16.2. The Hall–Kier alpha value is -1.85. The standard InChI is InChI=1S/C12H11F3O2.C3H6O/c1-11(2)6-9(16)8-4-3-7(12(13,14)15)5-10(8)17-11;1-3(2)4/h3-5H,6H2,1-2H3;1-2H3. The van der Waals surface area contributed by atoms with Crippen LogP contribution in [0.2, 0.25) is 0 Å². The summed E-state index contributed by atoms with van der Waals surface area (Å²) >= 11 is 0. The number of fused-ring (bicyclic) bond motifs is 1. The lowest BCUT2D eigenvalue weighted by atomic mass is 9.92. The number of Topliss-reactive ketones (excluding diaryl/α,β-unsaturated/α-hetero) is 2. The number of alkyl halides is 3. The fourth-order valence-corrected chi connectivity index (χ4v) is 1.83. The lowest BCUT2D eigenvalue weighted by Gasteiger charge is -2.31. The molecule has 21 heavy (non-hydrogen) atoms. The molecule has 1 aromatic carbocycles. The molecule has 0 aromatic heterocycles. The van der Waals surface area contributed by atoms with Gasteiger partial charge in [0, 0.05) is 0 Å². The molecule has 0 bridgehead atoms. The Bertz CT molecular complexity index is 556. The van der Waals surface area contributed by atoms with E-state index < -0.39 is 17.3 Å². The van der Waals surface area contributed by atoms with Gasteiger partial charge in [0.25, 0.3) is 0 Å². The van der Waals surface area contributed by atoms with E-state index >= 15 is 0 Å². The molecule has 116 valence electrons. The van der Waals surface area contributed by atoms with E-state index in [1.165, 1.54) is 19.9 Å². The first-order valence-electron chi connectivity index (χ1n) is 6.33. The molecule has 0 unspecified atom stereocenters. The van der Waals surface area contributed by atoms with Gasteiger partial charge in [0.05, 0.1) is 17.5 Å². The van der Waals surface area contributed by atoms with Crippen molar-refractivity contribution in [1.82, 2.24) is 0 Å². The van der Waals surface area contributed by atoms with Gasteiger partial charge >= 0.3 is 6.18 Å². The number of ketones is 2. The van der Waals surface area contributed by atoms with E-state index in [0.29, 0.717) is 0 Å². The number of ether oxygens (including phenoxy) is 1. The molecule has 0 saturated heterocycles. The van der Waals surface area contributed by atoms with E-state index in [4.69, 9.17) is 4.74 Å². The zero-order valence-electron chi connectivity index (χ0n) is 12.3. The number of carbonyl (C=O) groups excluding carboxylic acids is 2. The van der Waals surface area contributed by atoms with Gasteiger partial charge in [0.2, 0.25) is 0 Å². The summed E-state index contributed by atoms with van der Waals surface area (Å²) < 4.78 is 42.9. The van der Waals surface area contributed by atoms with Crippen LogP contribution >= 0.6 is 0 Å². The number of hydrogen-bond acceptors (Lipinski definition) is 3. The van der Waals surface area contributed by atoms with Crippen LogP contribution in [0.3, 0.4) is 0 Å². The van der Waals surface area contributed by atoms with Crippen molar-refractivity contribution >= 4 is 11.6 Å². The fraction of sp³-hybridized carbons (Fsp3) is 0.467. The van der Waals surface area contributed by atoms with Gasteiger partial charge in [-0.05, 0) is 45.9 Å². The Balaban J connectivity index is 0.000000491. The number of benzene rings is 1. The van der Waals surface area contributed by atoms with Crippen molar-refractivity contribution in [3.63, 3.8) is 0 Å². The van der Waals surface area contributed by atoms with Crippen LogP contribution in [0.25, 0.3) is 0 Å². The van der Waals surface area contributed by atoms with E-state index in [-0.39, 0.29) is 29.3 Å². The van der Waals surface area contributed by atoms with Crippen LogP contribution in [0.4, 0.5) is 13.2 Å². The lowest BCUT2D eigenvalue weighted by Crippen LogP contribution is -2.36. The van der Waals surface area contributed by atoms with Crippen LogP contribution in [-0.4, -0.2) is 17.2 Å². The molecule has 6 heteroatoms. The number of carbonyl (C=O) groups is 2. The number of halogens is 3. The first-order valence-corrected chi connectivity index (χ1v) is 6.33. The Morgan fingerprint density at radius 1 is 1.24 bits per heavy atom. The molecule has 1 aromatic rings. The van der Waals surface area contributed by atoms with Crippen molar-refractivity contribution in [2.75, 3.05) is 0 Å². The van der Waals surface area contributed by atoms with Crippen molar-refractivity contribution in [2.45, 2.75) is 45.9 Å². The van der Waals surface area contributed by atoms with Gasteiger partial charge in [-0.15, -0.1) is 0 Å². The van der Waals surface area contributed by atoms with Gasteiger partial charge < -0.3 is 9.53 Å². The second-order valence-electron chi connectivity index (χ2n) is 5.58. The van der Waals surface area contributed by atoms with Gasteiger partial charge in [0.1, 0.15) is 17.1 Å². The molecule has 0 radical (unpaired) electrons. The van der Waals surface area contributed by atoms with Crippen LogP contribution in [0, 0.1) is 0 Å². The maximum absolute atomic E-state index is 12.5. The minimum Gasteiger partial charge on any atom is -0.487 e. The third-order valence-electron chi connectivity index (χ3n) is 2.58. The highest BCUT2D eigenvalue weighted by Crippen LogP contribution is 2.38. The highest BCUT2D eigenvalue weighted by Gasteiger charge is 2.36. The van der Waals surface area contributed by atoms with Crippen LogP contribution in [0.15, 0.2) is 18.2 Å². The largest absolute Gasteiger partial charge is 0.487 e. The smallest absolute Gasteiger partial charge is 0.416 e. The van der Waals surface area contributed by atoms with Crippen LogP contribution < -0.4 is 4.74 Å². The van der Waals surface area contributed by atoms with Gasteiger partial charge in [-0.25, -0.2) is 0 Å². The summed E-state index contributed by atoms with van der Waals surface area (Å²) in [5, 5.41) is 0. The second-order valence-corrected chi connectivity index (χ2v) is 5.58.